The van der Waals surface area contributed by atoms with Gasteiger partial charge in [0.15, 0.2) is 0 Å². The van der Waals surface area contributed by atoms with E-state index in [4.69, 9.17) is 4.74 Å². The molecule has 2 heterocycles. The van der Waals surface area contributed by atoms with Crippen LogP contribution in [0.4, 0.5) is 0 Å². The second kappa shape index (κ2) is 16.5. The van der Waals surface area contributed by atoms with Gasteiger partial charge in [-0.15, -0.1) is 18.3 Å². The van der Waals surface area contributed by atoms with Crippen LogP contribution in [0, 0.1) is 11.8 Å². The van der Waals surface area contributed by atoms with E-state index in [0.29, 0.717) is 75.3 Å². The first-order chi connectivity index (χ1) is 22.2. The lowest BCUT2D eigenvalue weighted by atomic mass is 9.77. The molecule has 3 N–H and O–H groups in total. The molecule has 2 saturated heterocycles. The van der Waals surface area contributed by atoms with Crippen LogP contribution in [0.5, 0.6) is 11.5 Å². The fourth-order valence-corrected chi connectivity index (χ4v) is 7.07. The summed E-state index contributed by atoms with van der Waals surface area (Å²) in [7, 11) is 0. The van der Waals surface area contributed by atoms with Crippen LogP contribution in [0.1, 0.15) is 94.0 Å². The number of piperazine rings is 1. The zero-order valence-corrected chi connectivity index (χ0v) is 28.5. The van der Waals surface area contributed by atoms with E-state index >= 15 is 0 Å². The number of nitrogens with zero attached hydrogens (tertiary/aromatic N) is 2. The highest BCUT2D eigenvalue weighted by molar-refractivity contribution is 6.00. The lowest BCUT2D eigenvalue weighted by Gasteiger charge is -2.52. The normalized spacial score (nSPS) is 20.4. The largest absolute Gasteiger partial charge is 0.457 e. The van der Waals surface area contributed by atoms with Gasteiger partial charge in [0.2, 0.25) is 11.8 Å². The van der Waals surface area contributed by atoms with Crippen molar-refractivity contribution >= 4 is 30.1 Å². The van der Waals surface area contributed by atoms with Crippen LogP contribution in [-0.2, 0) is 16.1 Å². The number of aliphatic hydroxyl groups is 1. The minimum Gasteiger partial charge on any atom is -0.457 e. The summed E-state index contributed by atoms with van der Waals surface area (Å²) in [6.45, 7) is 6.88. The molecule has 9 nitrogen and oxygen atoms in total. The Balaban J connectivity index is 0.00000500. The summed E-state index contributed by atoms with van der Waals surface area (Å²) in [5.74, 6) is 6.64. The van der Waals surface area contributed by atoms with Crippen molar-refractivity contribution in [1.82, 2.24) is 20.4 Å². The van der Waals surface area contributed by atoms with E-state index < -0.39 is 17.2 Å². The van der Waals surface area contributed by atoms with E-state index in [1.165, 1.54) is 0 Å². The molecular formula is C37H49ClN4O5. The number of hydrogen-bond donors (Lipinski definition) is 3. The SMILES string of the molecule is CC#CCNC(=O)c1ccc(Oc2ccc(CN3CCC4(CC3)C(=O)N[C@H](CC3(O)CCCCC3)C(=O)N4CCCC)cc2)cc1.Cl. The van der Waals surface area contributed by atoms with Crippen molar-refractivity contribution in [3.8, 4) is 23.3 Å². The Labute approximate surface area is 285 Å². The third kappa shape index (κ3) is 8.86. The first kappa shape index (κ1) is 36.3. The van der Waals surface area contributed by atoms with Gasteiger partial charge < -0.3 is 25.4 Å². The molecule has 3 amide bonds. The minimum atomic E-state index is -0.872. The number of ether oxygens (including phenoxy) is 1. The van der Waals surface area contributed by atoms with Crippen molar-refractivity contribution < 1.29 is 24.2 Å². The van der Waals surface area contributed by atoms with Gasteiger partial charge in [-0.05, 0) is 81.0 Å². The molecule has 0 bridgehead atoms. The van der Waals surface area contributed by atoms with Gasteiger partial charge in [-0.1, -0.05) is 50.7 Å². The molecule has 3 fully saturated rings. The molecule has 1 atom stereocenters. The predicted octanol–water partition coefficient (Wildman–Crippen LogP) is 5.20. The number of rotatable bonds is 11. The zero-order chi connectivity index (χ0) is 32.6. The average Bonchev–Trinajstić information content (AvgIpc) is 3.06. The Bertz CT molecular complexity index is 1420. The number of nitrogens with one attached hydrogen (secondary N) is 2. The number of halogens is 1. The molecule has 0 unspecified atom stereocenters. The Hall–Kier alpha value is -3.58. The third-order valence-electron chi connectivity index (χ3n) is 9.79. The number of carbonyl (C=O) groups is 3. The van der Waals surface area contributed by atoms with Crippen LogP contribution in [0.3, 0.4) is 0 Å². The van der Waals surface area contributed by atoms with Crippen molar-refractivity contribution in [1.29, 1.82) is 0 Å². The molecule has 1 aliphatic carbocycles. The van der Waals surface area contributed by atoms with Crippen LogP contribution in [0.15, 0.2) is 48.5 Å². The number of likely N-dealkylation sites (tertiary alicyclic amines) is 1. The van der Waals surface area contributed by atoms with Crippen molar-refractivity contribution in [2.75, 3.05) is 26.2 Å². The molecule has 0 aromatic heterocycles. The van der Waals surface area contributed by atoms with Crippen LogP contribution < -0.4 is 15.4 Å². The Morgan fingerprint density at radius 2 is 1.64 bits per heavy atom. The maximum absolute atomic E-state index is 13.8. The second-order valence-electron chi connectivity index (χ2n) is 13.0. The molecule has 2 aliphatic heterocycles. The number of carbonyl (C=O) groups excluding carboxylic acids is 3. The Morgan fingerprint density at radius 3 is 2.26 bits per heavy atom. The van der Waals surface area contributed by atoms with Gasteiger partial charge in [-0.2, -0.15) is 0 Å². The summed E-state index contributed by atoms with van der Waals surface area (Å²) in [6.07, 6.45) is 7.70. The van der Waals surface area contributed by atoms with Crippen molar-refractivity contribution in [3.63, 3.8) is 0 Å². The van der Waals surface area contributed by atoms with Gasteiger partial charge in [0, 0.05) is 38.2 Å². The number of hydrogen-bond acceptors (Lipinski definition) is 6. The number of benzene rings is 2. The van der Waals surface area contributed by atoms with Gasteiger partial charge >= 0.3 is 0 Å². The van der Waals surface area contributed by atoms with Gasteiger partial charge in [0.05, 0.1) is 12.1 Å². The summed E-state index contributed by atoms with van der Waals surface area (Å²) in [6, 6.07) is 14.3. The highest BCUT2D eigenvalue weighted by atomic mass is 35.5. The van der Waals surface area contributed by atoms with E-state index in [-0.39, 0.29) is 30.1 Å². The topological polar surface area (TPSA) is 111 Å². The lowest BCUT2D eigenvalue weighted by Crippen LogP contribution is -2.73. The number of piperidine rings is 1. The fraction of sp³-hybridized carbons (Fsp3) is 0.541. The molecule has 2 aromatic rings. The number of amides is 3. The van der Waals surface area contributed by atoms with Crippen molar-refractivity contribution in [2.45, 2.75) is 102 Å². The van der Waals surface area contributed by atoms with E-state index in [1.54, 1.807) is 31.2 Å². The highest BCUT2D eigenvalue weighted by Gasteiger charge is 2.54. The maximum atomic E-state index is 13.8. The van der Waals surface area contributed by atoms with E-state index in [1.807, 2.05) is 29.2 Å². The zero-order valence-electron chi connectivity index (χ0n) is 27.7. The van der Waals surface area contributed by atoms with Crippen LogP contribution in [0.25, 0.3) is 0 Å². The first-order valence-electron chi connectivity index (χ1n) is 16.9. The molecule has 0 radical (unpaired) electrons. The summed E-state index contributed by atoms with van der Waals surface area (Å²) in [4.78, 5) is 44.0. The summed E-state index contributed by atoms with van der Waals surface area (Å²) >= 11 is 0. The predicted molar refractivity (Wildman–Crippen MR) is 184 cm³/mol. The first-order valence-corrected chi connectivity index (χ1v) is 16.9. The molecule has 1 spiro atoms. The van der Waals surface area contributed by atoms with Crippen LogP contribution >= 0.6 is 12.4 Å². The molecule has 5 rings (SSSR count). The second-order valence-corrected chi connectivity index (χ2v) is 13.0. The van der Waals surface area contributed by atoms with E-state index in [0.717, 1.165) is 44.2 Å². The van der Waals surface area contributed by atoms with Crippen LogP contribution in [-0.4, -0.2) is 76.0 Å². The molecule has 3 aliphatic rings. The summed E-state index contributed by atoms with van der Waals surface area (Å²) in [5.41, 5.74) is -0.0152. The summed E-state index contributed by atoms with van der Waals surface area (Å²) < 4.78 is 6.00. The fourth-order valence-electron chi connectivity index (χ4n) is 7.07. The Morgan fingerprint density at radius 1 is 1.00 bits per heavy atom. The number of unbranched alkanes of at least 4 members (excludes halogenated alkanes) is 1. The van der Waals surface area contributed by atoms with Gasteiger partial charge in [0.25, 0.3) is 5.91 Å². The highest BCUT2D eigenvalue weighted by Crippen LogP contribution is 2.38. The smallest absolute Gasteiger partial charge is 0.252 e. The Kier molecular flexibility index (Phi) is 12.7. The monoisotopic (exact) mass is 664 g/mol. The lowest BCUT2D eigenvalue weighted by molar-refractivity contribution is -0.163. The van der Waals surface area contributed by atoms with Gasteiger partial charge in [-0.3, -0.25) is 19.3 Å². The molecule has 1 saturated carbocycles. The van der Waals surface area contributed by atoms with E-state index in [2.05, 4.69) is 34.3 Å². The van der Waals surface area contributed by atoms with Gasteiger partial charge in [0.1, 0.15) is 23.1 Å². The van der Waals surface area contributed by atoms with Gasteiger partial charge in [-0.25, -0.2) is 0 Å². The standard InChI is InChI=1S/C37H48N4O5.ClH/c1-3-5-22-38-33(42)29-12-16-31(17-13-29)46-30-14-10-28(11-15-30)27-40-24-20-37(21-25-40)35(44)39-32(34(43)41(37)23-6-4-2)26-36(45)18-8-7-9-19-36;/h10-17,32,45H,4,6-9,18-27H2,1-2H3,(H,38,42)(H,39,44);1H/t32-;/m1./s1. The van der Waals surface area contributed by atoms with Crippen molar-refractivity contribution in [2.24, 2.45) is 0 Å². The minimum absolute atomic E-state index is 0. The quantitative estimate of drug-likeness (QED) is 0.285. The molecule has 2 aromatic carbocycles. The van der Waals surface area contributed by atoms with Crippen LogP contribution in [0.2, 0.25) is 0 Å². The average molecular weight is 665 g/mol. The molecule has 254 valence electrons. The van der Waals surface area contributed by atoms with E-state index in [9.17, 15) is 19.5 Å². The molecule has 10 heteroatoms. The maximum Gasteiger partial charge on any atom is 0.252 e. The third-order valence-corrected chi connectivity index (χ3v) is 9.79. The molecular weight excluding hydrogens is 616 g/mol. The van der Waals surface area contributed by atoms with Crippen molar-refractivity contribution in [3.05, 3.63) is 59.7 Å². The molecule has 47 heavy (non-hydrogen) atoms. The summed E-state index contributed by atoms with van der Waals surface area (Å²) in [5, 5.41) is 17.0.